The molecule has 2 aliphatic rings. The van der Waals surface area contributed by atoms with E-state index in [1.54, 1.807) is 23.1 Å². The first-order chi connectivity index (χ1) is 13.0. The van der Waals surface area contributed by atoms with Crippen molar-refractivity contribution in [1.82, 2.24) is 4.90 Å². The fourth-order valence-corrected chi connectivity index (χ4v) is 4.57. The van der Waals surface area contributed by atoms with Gasteiger partial charge >= 0.3 is 0 Å². The van der Waals surface area contributed by atoms with Gasteiger partial charge < -0.3 is 9.15 Å². The summed E-state index contributed by atoms with van der Waals surface area (Å²) in [6, 6.07) is 8.94. The summed E-state index contributed by atoms with van der Waals surface area (Å²) in [7, 11) is 0. The van der Waals surface area contributed by atoms with Gasteiger partial charge in [0.05, 0.1) is 27.6 Å². The van der Waals surface area contributed by atoms with Crippen molar-refractivity contribution in [2.45, 2.75) is 18.9 Å². The Morgan fingerprint density at radius 2 is 2.11 bits per heavy atom. The number of ether oxygens (including phenoxy) is 1. The zero-order valence-corrected chi connectivity index (χ0v) is 17.3. The minimum Gasteiger partial charge on any atom is -0.457 e. The highest BCUT2D eigenvalue weighted by atomic mass is 35.5. The summed E-state index contributed by atoms with van der Waals surface area (Å²) in [5.74, 6) is 1.12. The van der Waals surface area contributed by atoms with Crippen molar-refractivity contribution < 1.29 is 13.9 Å². The van der Waals surface area contributed by atoms with Crippen molar-refractivity contribution in [3.05, 3.63) is 51.0 Å². The fraction of sp³-hybridized carbons (Fsp3) is 0.263. The fourth-order valence-electron chi connectivity index (χ4n) is 3.01. The zero-order chi connectivity index (χ0) is 19.0. The average Bonchev–Trinajstić information content (AvgIpc) is 3.37. The molecule has 2 saturated heterocycles. The van der Waals surface area contributed by atoms with Gasteiger partial charge in [-0.25, -0.2) is 0 Å². The van der Waals surface area contributed by atoms with Gasteiger partial charge in [0.1, 0.15) is 15.8 Å². The molecule has 27 heavy (non-hydrogen) atoms. The molecule has 2 aromatic rings. The molecule has 0 bridgehead atoms. The lowest BCUT2D eigenvalue weighted by Gasteiger charge is -2.18. The predicted octanol–water partition coefficient (Wildman–Crippen LogP) is 5.63. The SMILES string of the molecule is O=C1/C(=C/c2ccc(-c3ccc(Cl)c(Cl)c3)o2)SC(=S)N1C[C@H]1CCCO1. The maximum Gasteiger partial charge on any atom is 0.266 e. The predicted molar refractivity (Wildman–Crippen MR) is 113 cm³/mol. The summed E-state index contributed by atoms with van der Waals surface area (Å²) in [4.78, 5) is 14.9. The number of benzene rings is 1. The Hall–Kier alpha value is -1.31. The van der Waals surface area contributed by atoms with Crippen molar-refractivity contribution in [2.75, 3.05) is 13.2 Å². The number of furan rings is 1. The van der Waals surface area contributed by atoms with E-state index in [1.807, 2.05) is 18.2 Å². The molecule has 0 aliphatic carbocycles. The van der Waals surface area contributed by atoms with E-state index < -0.39 is 0 Å². The van der Waals surface area contributed by atoms with E-state index >= 15 is 0 Å². The lowest BCUT2D eigenvalue weighted by molar-refractivity contribution is -0.123. The second-order valence-corrected chi connectivity index (χ2v) is 8.75. The molecule has 0 saturated carbocycles. The van der Waals surface area contributed by atoms with Gasteiger partial charge in [-0.15, -0.1) is 0 Å². The first kappa shape index (κ1) is 19.0. The van der Waals surface area contributed by atoms with E-state index in [9.17, 15) is 4.79 Å². The molecule has 8 heteroatoms. The molecule has 1 atom stereocenters. The number of rotatable bonds is 4. The molecular formula is C19H15Cl2NO3S2. The van der Waals surface area contributed by atoms with Gasteiger partial charge in [0, 0.05) is 18.2 Å². The Labute approximate surface area is 176 Å². The highest BCUT2D eigenvalue weighted by molar-refractivity contribution is 8.26. The molecule has 2 fully saturated rings. The summed E-state index contributed by atoms with van der Waals surface area (Å²) in [5, 5.41) is 0.948. The summed E-state index contributed by atoms with van der Waals surface area (Å²) in [5.41, 5.74) is 0.815. The van der Waals surface area contributed by atoms with Crippen LogP contribution in [0.1, 0.15) is 18.6 Å². The van der Waals surface area contributed by atoms with E-state index in [4.69, 9.17) is 44.6 Å². The van der Waals surface area contributed by atoms with Crippen LogP contribution in [-0.2, 0) is 9.53 Å². The molecule has 1 amide bonds. The zero-order valence-electron chi connectivity index (χ0n) is 14.1. The molecule has 0 unspecified atom stereocenters. The standard InChI is InChI=1S/C19H15Cl2NO3S2/c20-14-5-3-11(8-15(14)21)16-6-4-12(25-16)9-17-18(23)22(19(26)27-17)10-13-2-1-7-24-13/h3-6,8-9,13H,1-2,7,10H2/b17-9-/t13-/m1/s1. The summed E-state index contributed by atoms with van der Waals surface area (Å²) >= 11 is 18.7. The number of amides is 1. The van der Waals surface area contributed by atoms with E-state index in [0.717, 1.165) is 25.0 Å². The Morgan fingerprint density at radius 3 is 2.85 bits per heavy atom. The Balaban J connectivity index is 1.52. The smallest absolute Gasteiger partial charge is 0.266 e. The first-order valence-corrected chi connectivity index (χ1v) is 10.4. The van der Waals surface area contributed by atoms with Crippen molar-refractivity contribution in [2.24, 2.45) is 0 Å². The molecule has 140 valence electrons. The first-order valence-electron chi connectivity index (χ1n) is 8.43. The third-order valence-corrected chi connectivity index (χ3v) is 6.50. The van der Waals surface area contributed by atoms with Crippen LogP contribution in [0.5, 0.6) is 0 Å². The van der Waals surface area contributed by atoms with E-state index in [1.165, 1.54) is 11.8 Å². The maximum absolute atomic E-state index is 12.7. The minimum atomic E-state index is -0.104. The molecule has 0 spiro atoms. The van der Waals surface area contributed by atoms with Crippen LogP contribution in [0.2, 0.25) is 10.0 Å². The van der Waals surface area contributed by atoms with Crippen molar-refractivity contribution >= 4 is 63.5 Å². The minimum absolute atomic E-state index is 0.0664. The summed E-state index contributed by atoms with van der Waals surface area (Å²) in [6.07, 6.45) is 3.77. The monoisotopic (exact) mass is 439 g/mol. The largest absolute Gasteiger partial charge is 0.457 e. The van der Waals surface area contributed by atoms with E-state index in [0.29, 0.717) is 37.3 Å². The third-order valence-electron chi connectivity index (χ3n) is 4.39. The summed E-state index contributed by atoms with van der Waals surface area (Å²) < 4.78 is 12.0. The third kappa shape index (κ3) is 4.10. The van der Waals surface area contributed by atoms with Crippen LogP contribution in [0, 0.1) is 0 Å². The Morgan fingerprint density at radius 1 is 1.26 bits per heavy atom. The van der Waals surface area contributed by atoms with Gasteiger partial charge in [-0.1, -0.05) is 47.2 Å². The highest BCUT2D eigenvalue weighted by Gasteiger charge is 2.34. The number of carbonyl (C=O) groups excluding carboxylic acids is 1. The molecule has 0 N–H and O–H groups in total. The van der Waals surface area contributed by atoms with Gasteiger partial charge in [-0.05, 0) is 43.2 Å². The highest BCUT2D eigenvalue weighted by Crippen LogP contribution is 2.35. The molecule has 0 radical (unpaired) electrons. The second-order valence-electron chi connectivity index (χ2n) is 6.26. The normalized spacial score (nSPS) is 21.6. The number of thioether (sulfide) groups is 1. The molecule has 3 heterocycles. The van der Waals surface area contributed by atoms with E-state index in [2.05, 4.69) is 0 Å². The van der Waals surface area contributed by atoms with Crippen LogP contribution >= 0.6 is 47.2 Å². The maximum atomic E-state index is 12.7. The molecule has 4 rings (SSSR count). The van der Waals surface area contributed by atoms with Gasteiger partial charge in [-0.2, -0.15) is 0 Å². The van der Waals surface area contributed by atoms with Crippen molar-refractivity contribution in [3.8, 4) is 11.3 Å². The van der Waals surface area contributed by atoms with Gasteiger partial charge in [-0.3, -0.25) is 9.69 Å². The van der Waals surface area contributed by atoms with Crippen molar-refractivity contribution in [1.29, 1.82) is 0 Å². The lowest BCUT2D eigenvalue weighted by atomic mass is 10.2. The number of hydrogen-bond acceptors (Lipinski definition) is 5. The molecule has 4 nitrogen and oxygen atoms in total. The lowest BCUT2D eigenvalue weighted by Crippen LogP contribution is -2.35. The van der Waals surface area contributed by atoms with Crippen LogP contribution < -0.4 is 0 Å². The Kier molecular flexibility index (Phi) is 5.62. The topological polar surface area (TPSA) is 42.7 Å². The van der Waals surface area contributed by atoms with E-state index in [-0.39, 0.29) is 12.0 Å². The molecule has 2 aliphatic heterocycles. The van der Waals surface area contributed by atoms with Crippen molar-refractivity contribution in [3.63, 3.8) is 0 Å². The van der Waals surface area contributed by atoms with Crippen LogP contribution in [0.4, 0.5) is 0 Å². The number of halogens is 2. The second kappa shape index (κ2) is 7.97. The van der Waals surface area contributed by atoms with Crippen LogP contribution in [0.25, 0.3) is 17.4 Å². The quantitative estimate of drug-likeness (QED) is 0.455. The van der Waals surface area contributed by atoms with Gasteiger partial charge in [0.25, 0.3) is 5.91 Å². The number of nitrogens with zero attached hydrogens (tertiary/aromatic N) is 1. The average molecular weight is 440 g/mol. The van der Waals surface area contributed by atoms with Gasteiger partial charge in [0.15, 0.2) is 0 Å². The molecule has 1 aromatic carbocycles. The number of thiocarbonyl (C=S) groups is 1. The van der Waals surface area contributed by atoms with Crippen LogP contribution in [0.15, 0.2) is 39.7 Å². The molecular weight excluding hydrogens is 425 g/mol. The number of hydrogen-bond donors (Lipinski definition) is 0. The number of carbonyl (C=O) groups is 1. The molecule has 1 aromatic heterocycles. The van der Waals surface area contributed by atoms with Gasteiger partial charge in [0.2, 0.25) is 0 Å². The van der Waals surface area contributed by atoms with Crippen LogP contribution in [0.3, 0.4) is 0 Å². The Bertz CT molecular complexity index is 935. The summed E-state index contributed by atoms with van der Waals surface area (Å²) in [6.45, 7) is 1.26. The van der Waals surface area contributed by atoms with Crippen LogP contribution in [-0.4, -0.2) is 34.4 Å².